The van der Waals surface area contributed by atoms with Gasteiger partial charge in [0, 0.05) is 25.2 Å². The number of aryl methyl sites for hydroxylation is 1. The largest absolute Gasteiger partial charge is 0.338 e. The second-order valence-corrected chi connectivity index (χ2v) is 6.16. The lowest BCUT2D eigenvalue weighted by atomic mass is 10.1. The van der Waals surface area contributed by atoms with Gasteiger partial charge in [-0.1, -0.05) is 24.3 Å². The highest BCUT2D eigenvalue weighted by Gasteiger charge is 2.34. The Morgan fingerprint density at radius 1 is 1.25 bits per heavy atom. The second-order valence-electron chi connectivity index (χ2n) is 6.16. The third-order valence-corrected chi connectivity index (χ3v) is 4.16. The van der Waals surface area contributed by atoms with E-state index in [2.05, 4.69) is 5.32 Å². The summed E-state index contributed by atoms with van der Waals surface area (Å²) in [6.07, 6.45) is 0.207. The molecule has 0 aromatic heterocycles. The van der Waals surface area contributed by atoms with E-state index in [1.165, 1.54) is 12.1 Å². The molecule has 2 amide bonds. The molecule has 0 aliphatic carbocycles. The number of likely N-dealkylation sites (tertiary alicyclic amines) is 1. The van der Waals surface area contributed by atoms with Gasteiger partial charge in [-0.05, 0) is 42.3 Å². The van der Waals surface area contributed by atoms with Crippen LogP contribution in [0.2, 0.25) is 0 Å². The monoisotopic (exact) mass is 326 g/mol. The van der Waals surface area contributed by atoms with Gasteiger partial charge in [-0.3, -0.25) is 9.59 Å². The van der Waals surface area contributed by atoms with E-state index in [1.54, 1.807) is 17.0 Å². The minimum atomic E-state index is -0.363. The standard InChI is InChI=1S/C19H19FN2O2/c1-13-3-2-4-17(9-13)21-19(24)15-10-18(23)22(12-15)11-14-5-7-16(20)8-6-14/h2-9,15H,10-12H2,1H3,(H,21,24). The van der Waals surface area contributed by atoms with Crippen LogP contribution in [0.15, 0.2) is 48.5 Å². The van der Waals surface area contributed by atoms with Crippen LogP contribution in [0.25, 0.3) is 0 Å². The summed E-state index contributed by atoms with van der Waals surface area (Å²) in [7, 11) is 0. The zero-order valence-corrected chi connectivity index (χ0v) is 13.5. The van der Waals surface area contributed by atoms with Crippen molar-refractivity contribution in [3.05, 3.63) is 65.5 Å². The molecule has 1 atom stereocenters. The lowest BCUT2D eigenvalue weighted by molar-refractivity contribution is -0.128. The fraction of sp³-hybridized carbons (Fsp3) is 0.263. The summed E-state index contributed by atoms with van der Waals surface area (Å²) in [5, 5.41) is 2.87. The SMILES string of the molecule is Cc1cccc(NC(=O)C2CC(=O)N(Cc3ccc(F)cc3)C2)c1. The van der Waals surface area contributed by atoms with E-state index >= 15 is 0 Å². The third-order valence-electron chi connectivity index (χ3n) is 4.16. The van der Waals surface area contributed by atoms with Crippen LogP contribution >= 0.6 is 0 Å². The van der Waals surface area contributed by atoms with Crippen molar-refractivity contribution in [2.24, 2.45) is 5.92 Å². The van der Waals surface area contributed by atoms with Gasteiger partial charge in [0.25, 0.3) is 0 Å². The summed E-state index contributed by atoms with van der Waals surface area (Å²) in [5.41, 5.74) is 2.65. The molecule has 1 N–H and O–H groups in total. The summed E-state index contributed by atoms with van der Waals surface area (Å²) in [6, 6.07) is 13.6. The first-order chi connectivity index (χ1) is 11.5. The lowest BCUT2D eigenvalue weighted by Crippen LogP contribution is -2.28. The number of hydrogen-bond acceptors (Lipinski definition) is 2. The van der Waals surface area contributed by atoms with E-state index in [1.807, 2.05) is 31.2 Å². The molecule has 0 spiro atoms. The highest BCUT2D eigenvalue weighted by molar-refractivity contribution is 5.97. The average Bonchev–Trinajstić information content (AvgIpc) is 2.91. The maximum atomic E-state index is 12.9. The third kappa shape index (κ3) is 3.79. The minimum Gasteiger partial charge on any atom is -0.338 e. The Bertz CT molecular complexity index is 758. The quantitative estimate of drug-likeness (QED) is 0.938. The van der Waals surface area contributed by atoms with E-state index in [9.17, 15) is 14.0 Å². The van der Waals surface area contributed by atoms with Gasteiger partial charge in [-0.15, -0.1) is 0 Å². The predicted octanol–water partition coefficient (Wildman–Crippen LogP) is 3.12. The molecule has 24 heavy (non-hydrogen) atoms. The highest BCUT2D eigenvalue weighted by Crippen LogP contribution is 2.22. The van der Waals surface area contributed by atoms with Crippen molar-refractivity contribution in [3.8, 4) is 0 Å². The molecule has 124 valence electrons. The average molecular weight is 326 g/mol. The molecule has 2 aromatic carbocycles. The topological polar surface area (TPSA) is 49.4 Å². The van der Waals surface area contributed by atoms with Crippen molar-refractivity contribution in [2.75, 3.05) is 11.9 Å². The van der Waals surface area contributed by atoms with Gasteiger partial charge in [0.15, 0.2) is 0 Å². The van der Waals surface area contributed by atoms with Crippen LogP contribution in [-0.2, 0) is 16.1 Å². The molecule has 1 unspecified atom stereocenters. The van der Waals surface area contributed by atoms with E-state index in [0.29, 0.717) is 13.1 Å². The number of amides is 2. The summed E-state index contributed by atoms with van der Waals surface area (Å²) in [6.45, 7) is 2.74. The number of carbonyl (C=O) groups is 2. The first kappa shape index (κ1) is 16.2. The molecular formula is C19H19FN2O2. The summed E-state index contributed by atoms with van der Waals surface area (Å²) in [5.74, 6) is -0.861. The van der Waals surface area contributed by atoms with Gasteiger partial charge in [0.05, 0.1) is 5.92 Å². The van der Waals surface area contributed by atoms with Crippen molar-refractivity contribution in [1.82, 2.24) is 4.90 Å². The number of carbonyl (C=O) groups excluding carboxylic acids is 2. The number of benzene rings is 2. The van der Waals surface area contributed by atoms with Gasteiger partial charge in [0.1, 0.15) is 5.82 Å². The molecule has 0 bridgehead atoms. The smallest absolute Gasteiger partial charge is 0.229 e. The molecule has 1 aliphatic heterocycles. The fourth-order valence-electron chi connectivity index (χ4n) is 2.88. The van der Waals surface area contributed by atoms with Crippen molar-refractivity contribution in [1.29, 1.82) is 0 Å². The summed E-state index contributed by atoms with van der Waals surface area (Å²) >= 11 is 0. The first-order valence-electron chi connectivity index (χ1n) is 7.91. The van der Waals surface area contributed by atoms with Crippen LogP contribution in [0.5, 0.6) is 0 Å². The molecule has 0 saturated carbocycles. The molecule has 1 aliphatic rings. The summed E-state index contributed by atoms with van der Waals surface area (Å²) < 4.78 is 12.9. The van der Waals surface area contributed by atoms with Crippen LogP contribution < -0.4 is 5.32 Å². The summed E-state index contributed by atoms with van der Waals surface area (Å²) in [4.78, 5) is 26.2. The van der Waals surface area contributed by atoms with Crippen molar-refractivity contribution >= 4 is 17.5 Å². The first-order valence-corrected chi connectivity index (χ1v) is 7.91. The Labute approximate surface area is 140 Å². The number of anilines is 1. The number of hydrogen-bond donors (Lipinski definition) is 1. The van der Waals surface area contributed by atoms with Crippen LogP contribution in [-0.4, -0.2) is 23.3 Å². The minimum absolute atomic E-state index is 0.0521. The normalized spacial score (nSPS) is 17.2. The van der Waals surface area contributed by atoms with Gasteiger partial charge in [-0.2, -0.15) is 0 Å². The van der Waals surface area contributed by atoms with Gasteiger partial charge in [0.2, 0.25) is 11.8 Å². The van der Waals surface area contributed by atoms with E-state index in [0.717, 1.165) is 16.8 Å². The van der Waals surface area contributed by atoms with Crippen molar-refractivity contribution in [2.45, 2.75) is 19.9 Å². The molecule has 1 fully saturated rings. The zero-order valence-electron chi connectivity index (χ0n) is 13.5. The van der Waals surface area contributed by atoms with Crippen LogP contribution in [0.4, 0.5) is 10.1 Å². The number of halogens is 1. The molecule has 0 radical (unpaired) electrons. The van der Waals surface area contributed by atoms with Gasteiger partial charge >= 0.3 is 0 Å². The van der Waals surface area contributed by atoms with E-state index in [-0.39, 0.29) is 30.0 Å². The maximum absolute atomic E-state index is 12.9. The van der Waals surface area contributed by atoms with E-state index in [4.69, 9.17) is 0 Å². The Balaban J connectivity index is 1.61. The van der Waals surface area contributed by atoms with Gasteiger partial charge < -0.3 is 10.2 Å². The van der Waals surface area contributed by atoms with Crippen LogP contribution in [0.3, 0.4) is 0 Å². The lowest BCUT2D eigenvalue weighted by Gasteiger charge is -2.16. The Morgan fingerprint density at radius 2 is 2.00 bits per heavy atom. The molecule has 4 nitrogen and oxygen atoms in total. The zero-order chi connectivity index (χ0) is 17.1. The number of nitrogens with one attached hydrogen (secondary N) is 1. The fourth-order valence-corrected chi connectivity index (χ4v) is 2.88. The van der Waals surface area contributed by atoms with Gasteiger partial charge in [-0.25, -0.2) is 4.39 Å². The Kier molecular flexibility index (Phi) is 4.60. The molecule has 5 heteroatoms. The van der Waals surface area contributed by atoms with E-state index < -0.39 is 0 Å². The molecule has 1 heterocycles. The van der Waals surface area contributed by atoms with Crippen molar-refractivity contribution in [3.63, 3.8) is 0 Å². The molecular weight excluding hydrogens is 307 g/mol. The Hall–Kier alpha value is -2.69. The Morgan fingerprint density at radius 3 is 2.71 bits per heavy atom. The molecule has 2 aromatic rings. The van der Waals surface area contributed by atoms with Crippen LogP contribution in [0.1, 0.15) is 17.5 Å². The van der Waals surface area contributed by atoms with Crippen LogP contribution in [0, 0.1) is 18.7 Å². The molecule has 1 saturated heterocycles. The predicted molar refractivity (Wildman–Crippen MR) is 89.7 cm³/mol. The van der Waals surface area contributed by atoms with Crippen molar-refractivity contribution < 1.29 is 14.0 Å². The number of nitrogens with zero attached hydrogens (tertiary/aromatic N) is 1. The molecule has 3 rings (SSSR count). The highest BCUT2D eigenvalue weighted by atomic mass is 19.1. The second kappa shape index (κ2) is 6.83. The number of rotatable bonds is 4. The maximum Gasteiger partial charge on any atom is 0.229 e.